The van der Waals surface area contributed by atoms with E-state index in [-0.39, 0.29) is 35.7 Å². The first-order valence-electron chi connectivity index (χ1n) is 25.7. The molecule has 396 valence electrons. The fourth-order valence-corrected chi connectivity index (χ4v) is 12.1. The summed E-state index contributed by atoms with van der Waals surface area (Å²) in [5.74, 6) is 0.760. The molecule has 1 unspecified atom stereocenters. The number of aromatic amines is 2. The SMILES string of the molecule is CCOP(=C=O)(Cc1ccc(-n2c(-c3ccc(-c4c[nH]c([C@@H]5CCCN5C(=O)C(NC(=O)OC)C(C)C)n4)cc3)ccc2-c2ccc(-c3c[nH]c([C@@H]4CCCN4C(=O)[C@@H](NC(=O)OC)C(C)C)n3)cc2)cc1)OCC. The van der Waals surface area contributed by atoms with Crippen LogP contribution in [0.3, 0.4) is 0 Å². The van der Waals surface area contributed by atoms with Crippen LogP contribution in [0.1, 0.15) is 96.5 Å². The Morgan fingerprint density at radius 2 is 1.05 bits per heavy atom. The zero-order chi connectivity index (χ0) is 53.4. The molecule has 8 rings (SSSR count). The highest BCUT2D eigenvalue weighted by atomic mass is 31.2. The normalized spacial score (nSPS) is 16.5. The van der Waals surface area contributed by atoms with E-state index in [1.54, 1.807) is 9.80 Å². The lowest BCUT2D eigenvalue weighted by atomic mass is 10.0. The molecule has 75 heavy (non-hydrogen) atoms. The molecule has 4 amide bonds. The van der Waals surface area contributed by atoms with Crippen molar-refractivity contribution < 1.29 is 42.5 Å². The number of ether oxygens (including phenoxy) is 2. The maximum atomic E-state index is 13.8. The van der Waals surface area contributed by atoms with E-state index in [1.165, 1.54) is 14.2 Å². The van der Waals surface area contributed by atoms with E-state index < -0.39 is 31.6 Å². The van der Waals surface area contributed by atoms with Crippen molar-refractivity contribution in [3.05, 3.63) is 115 Å². The van der Waals surface area contributed by atoms with Crippen LogP contribution < -0.4 is 10.6 Å². The summed E-state index contributed by atoms with van der Waals surface area (Å²) in [5, 5.41) is 5.42. The number of amides is 4. The monoisotopic (exact) mass is 1040 g/mol. The Morgan fingerprint density at radius 3 is 1.43 bits per heavy atom. The zero-order valence-electron chi connectivity index (χ0n) is 43.9. The molecule has 4 N–H and O–H groups in total. The van der Waals surface area contributed by atoms with Gasteiger partial charge in [0.15, 0.2) is 5.66 Å². The maximum Gasteiger partial charge on any atom is 0.407 e. The zero-order valence-corrected chi connectivity index (χ0v) is 44.8. The van der Waals surface area contributed by atoms with Gasteiger partial charge in [-0.3, -0.25) is 9.59 Å². The summed E-state index contributed by atoms with van der Waals surface area (Å²) in [6.07, 6.45) is 5.85. The Labute approximate surface area is 438 Å². The van der Waals surface area contributed by atoms with Crippen LogP contribution in [0.2, 0.25) is 0 Å². The first-order valence-corrected chi connectivity index (χ1v) is 27.5. The number of benzene rings is 3. The van der Waals surface area contributed by atoms with Gasteiger partial charge in [0.1, 0.15) is 23.7 Å². The van der Waals surface area contributed by atoms with Gasteiger partial charge in [0.2, 0.25) is 19.2 Å². The van der Waals surface area contributed by atoms with Crippen molar-refractivity contribution in [3.8, 4) is 50.7 Å². The van der Waals surface area contributed by atoms with Crippen molar-refractivity contribution >= 4 is 37.0 Å². The van der Waals surface area contributed by atoms with Gasteiger partial charge in [0.05, 0.1) is 62.3 Å². The third-order valence-corrected chi connectivity index (χ3v) is 16.3. The number of rotatable bonds is 19. The number of alkyl carbamates (subject to hydrolysis) is 2. The average Bonchev–Trinajstić information content (AvgIpc) is 4.30. The summed E-state index contributed by atoms with van der Waals surface area (Å²) in [7, 11) is -0.330. The molecule has 0 spiro atoms. The van der Waals surface area contributed by atoms with Gasteiger partial charge in [0.25, 0.3) is 0 Å². The molecule has 2 aliphatic rings. The third-order valence-electron chi connectivity index (χ3n) is 13.9. The topological polar surface area (TPSA) is 215 Å². The molecular formula is C56H68N9O9P. The predicted molar refractivity (Wildman–Crippen MR) is 287 cm³/mol. The van der Waals surface area contributed by atoms with Gasteiger partial charge in [-0.1, -0.05) is 88.4 Å². The molecule has 5 heterocycles. The number of likely N-dealkylation sites (tertiary alicyclic amines) is 2. The van der Waals surface area contributed by atoms with Gasteiger partial charge in [-0.05, 0) is 92.3 Å². The third kappa shape index (κ3) is 11.8. The van der Waals surface area contributed by atoms with Gasteiger partial charge in [-0.2, -0.15) is 0 Å². The van der Waals surface area contributed by atoms with Crippen LogP contribution in [0.25, 0.3) is 50.7 Å². The predicted octanol–water partition coefficient (Wildman–Crippen LogP) is 10.2. The number of nitrogens with zero attached hydrogens (tertiary/aromatic N) is 5. The Balaban J connectivity index is 1.07. The lowest BCUT2D eigenvalue weighted by Crippen LogP contribution is -2.51. The number of carbonyl (C=O) groups excluding carboxylic acids is 5. The van der Waals surface area contributed by atoms with E-state index in [1.807, 2.05) is 102 Å². The largest absolute Gasteiger partial charge is 0.453 e. The molecule has 2 fully saturated rings. The van der Waals surface area contributed by atoms with Gasteiger partial charge in [-0.15, -0.1) is 0 Å². The molecule has 4 atom stereocenters. The number of methoxy groups -OCH3 is 2. The van der Waals surface area contributed by atoms with Crippen LogP contribution in [0.4, 0.5) is 9.59 Å². The van der Waals surface area contributed by atoms with Crippen LogP contribution in [-0.4, -0.2) is 117 Å². The van der Waals surface area contributed by atoms with Crippen LogP contribution in [0.15, 0.2) is 97.3 Å². The number of hydrogen-bond donors (Lipinski definition) is 4. The Kier molecular flexibility index (Phi) is 17.3. The summed E-state index contributed by atoms with van der Waals surface area (Å²) >= 11 is 0. The van der Waals surface area contributed by atoms with E-state index in [4.69, 9.17) is 28.5 Å². The van der Waals surface area contributed by atoms with Crippen molar-refractivity contribution in [2.75, 3.05) is 40.5 Å². The summed E-state index contributed by atoms with van der Waals surface area (Å²) < 4.78 is 23.6. The molecule has 19 heteroatoms. The van der Waals surface area contributed by atoms with E-state index in [0.29, 0.717) is 44.1 Å². The molecule has 3 aromatic carbocycles. The van der Waals surface area contributed by atoms with Gasteiger partial charge >= 0.3 is 12.2 Å². The minimum absolute atomic E-state index is 0.142. The Bertz CT molecular complexity index is 2860. The van der Waals surface area contributed by atoms with Crippen molar-refractivity contribution in [2.24, 2.45) is 11.8 Å². The number of carbonyl (C=O) groups is 4. The fraction of sp³-hybridized carbons (Fsp3) is 0.411. The molecule has 6 aromatic rings. The molecule has 0 saturated carbocycles. The van der Waals surface area contributed by atoms with Gasteiger partial charge in [0, 0.05) is 48.5 Å². The number of H-pyrrole nitrogens is 2. The van der Waals surface area contributed by atoms with Crippen molar-refractivity contribution in [2.45, 2.75) is 97.6 Å². The lowest BCUT2D eigenvalue weighted by Gasteiger charge is -2.29. The Morgan fingerprint density at radius 1 is 0.640 bits per heavy atom. The molecule has 0 aliphatic carbocycles. The van der Waals surface area contributed by atoms with Crippen LogP contribution >= 0.6 is 7.34 Å². The number of hydrogen-bond acceptors (Lipinski definition) is 11. The molecule has 3 aromatic heterocycles. The van der Waals surface area contributed by atoms with Crippen LogP contribution in [0, 0.1) is 11.8 Å². The standard InChI is InChI=1S/C56H68N9O9P/c1-9-73-75(34-66,74-10-2)33-37-15-25-42(26-16-37)65-45(40-21-17-38(18-22-40)43-31-57-51(59-43)47-13-11-29-63(47)53(67)49(35(3)4)61-55(69)71-7)27-28-46(65)41-23-19-39(20-24-41)44-32-58-52(60-44)48-14-12-30-64(48)54(68)50(36(5)6)62-56(70)72-8/h15-28,31-32,35-36,47-50H,9-14,29-30,33H2,1-8H3,(H,57,59)(H,58,60)(H,61,69)(H,62,70)/t47-,48-,49-,50?/m0/s1. The first kappa shape index (κ1) is 54.0. The minimum atomic E-state index is -2.90. The number of aromatic nitrogens is 5. The first-order chi connectivity index (χ1) is 36.2. The van der Waals surface area contributed by atoms with Crippen molar-refractivity contribution in [3.63, 3.8) is 0 Å². The van der Waals surface area contributed by atoms with Crippen LogP contribution in [0.5, 0.6) is 0 Å². The van der Waals surface area contributed by atoms with E-state index in [0.717, 1.165) is 82.0 Å². The molecular weight excluding hydrogens is 974 g/mol. The highest BCUT2D eigenvalue weighted by molar-refractivity contribution is 7.64. The van der Waals surface area contributed by atoms with E-state index in [2.05, 4.69) is 67.2 Å². The molecule has 18 nitrogen and oxygen atoms in total. The second-order valence-electron chi connectivity index (χ2n) is 19.5. The van der Waals surface area contributed by atoms with Gasteiger partial charge < -0.3 is 53.5 Å². The number of nitrogens with one attached hydrogen (secondary N) is 4. The number of imidazole rings is 2. The van der Waals surface area contributed by atoms with Gasteiger partial charge in [-0.25, -0.2) is 24.4 Å². The maximum absolute atomic E-state index is 13.8. The lowest BCUT2D eigenvalue weighted by molar-refractivity contribution is -0.136. The van der Waals surface area contributed by atoms with E-state index >= 15 is 0 Å². The highest BCUT2D eigenvalue weighted by Gasteiger charge is 2.39. The van der Waals surface area contributed by atoms with Crippen molar-refractivity contribution in [1.29, 1.82) is 0 Å². The Hall–Kier alpha value is -7.23. The summed E-state index contributed by atoms with van der Waals surface area (Å²) in [6.45, 7) is 13.1. The second-order valence-corrected chi connectivity index (χ2v) is 21.8. The molecule has 0 radical (unpaired) electrons. The minimum Gasteiger partial charge on any atom is -0.453 e. The highest BCUT2D eigenvalue weighted by Crippen LogP contribution is 2.51. The summed E-state index contributed by atoms with van der Waals surface area (Å²) in [6, 6.07) is 26.7. The quantitative estimate of drug-likeness (QED) is 0.0560. The van der Waals surface area contributed by atoms with Crippen LogP contribution in [-0.2, 0) is 39.1 Å². The molecule has 2 saturated heterocycles. The summed E-state index contributed by atoms with van der Waals surface area (Å²) in [4.78, 5) is 84.4. The summed E-state index contributed by atoms with van der Waals surface area (Å²) in [5.41, 5.74) is 11.0. The average molecular weight is 1040 g/mol. The molecule has 0 bridgehead atoms. The second kappa shape index (κ2) is 24.0. The van der Waals surface area contributed by atoms with Crippen molar-refractivity contribution in [1.82, 2.24) is 44.9 Å². The smallest absolute Gasteiger partial charge is 0.407 e. The fourth-order valence-electron chi connectivity index (χ4n) is 10.1. The molecule has 2 aliphatic heterocycles. The van der Waals surface area contributed by atoms with E-state index in [9.17, 15) is 24.0 Å².